The van der Waals surface area contributed by atoms with Gasteiger partial charge >= 0.3 is 0 Å². The average molecular weight is 508 g/mol. The zero-order valence-corrected chi connectivity index (χ0v) is 22.2. The fraction of sp³-hybridized carbons (Fsp3) is 0.704. The Balaban J connectivity index is 1.32. The molecule has 2 aliphatic carbocycles. The normalized spacial score (nSPS) is 30.1. The molecule has 0 radical (unpaired) electrons. The van der Waals surface area contributed by atoms with Crippen LogP contribution in [0.1, 0.15) is 60.3 Å². The number of hydrogen-bond acceptors (Lipinski definition) is 7. The molecule has 0 aromatic carbocycles. The lowest BCUT2D eigenvalue weighted by atomic mass is 9.85. The molecule has 0 bridgehead atoms. The summed E-state index contributed by atoms with van der Waals surface area (Å²) in [4.78, 5) is 50.2. The topological polar surface area (TPSA) is 140 Å². The Morgan fingerprint density at radius 3 is 2.51 bits per heavy atom. The van der Waals surface area contributed by atoms with Gasteiger partial charge in [0, 0.05) is 30.4 Å². The molecule has 6 atom stereocenters. The molecule has 3 amide bonds. The number of nitriles is 1. The highest BCUT2D eigenvalue weighted by atomic mass is 16.2. The summed E-state index contributed by atoms with van der Waals surface area (Å²) in [7, 11) is 0. The van der Waals surface area contributed by atoms with Gasteiger partial charge in [-0.1, -0.05) is 34.6 Å². The number of carbonyl (C=O) groups is 3. The third-order valence-electron chi connectivity index (χ3n) is 8.95. The number of anilines is 1. The largest absolute Gasteiger partial charge is 0.350 e. The van der Waals surface area contributed by atoms with Crippen LogP contribution in [0.2, 0.25) is 0 Å². The molecule has 3 heterocycles. The van der Waals surface area contributed by atoms with Crippen LogP contribution in [-0.2, 0) is 14.4 Å². The van der Waals surface area contributed by atoms with Gasteiger partial charge in [-0.15, -0.1) is 0 Å². The van der Waals surface area contributed by atoms with Gasteiger partial charge in [0.1, 0.15) is 18.1 Å². The average Bonchev–Trinajstić information content (AvgIpc) is 3.55. The van der Waals surface area contributed by atoms with Crippen LogP contribution in [0, 0.1) is 39.9 Å². The first-order valence-electron chi connectivity index (χ1n) is 13.2. The lowest BCUT2D eigenvalue weighted by molar-refractivity contribution is -0.142. The molecular weight excluding hydrogens is 470 g/mol. The Morgan fingerprint density at radius 2 is 1.95 bits per heavy atom. The summed E-state index contributed by atoms with van der Waals surface area (Å²) in [6.07, 6.45) is 6.18. The van der Waals surface area contributed by atoms with E-state index in [1.807, 2.05) is 20.8 Å². The van der Waals surface area contributed by atoms with Gasteiger partial charge in [-0.3, -0.25) is 14.4 Å². The number of rotatable bonds is 7. The first-order chi connectivity index (χ1) is 17.4. The van der Waals surface area contributed by atoms with Gasteiger partial charge in [-0.05, 0) is 54.4 Å². The minimum Gasteiger partial charge on any atom is -0.350 e. The van der Waals surface area contributed by atoms with Gasteiger partial charge in [-0.2, -0.15) is 5.26 Å². The van der Waals surface area contributed by atoms with Gasteiger partial charge < -0.3 is 20.9 Å². The van der Waals surface area contributed by atoms with E-state index in [0.29, 0.717) is 18.9 Å². The number of amides is 3. The molecule has 1 spiro atoms. The molecule has 2 saturated carbocycles. The summed E-state index contributed by atoms with van der Waals surface area (Å²) in [6, 6.07) is 1.79. The summed E-state index contributed by atoms with van der Waals surface area (Å²) in [5.41, 5.74) is -0.607. The van der Waals surface area contributed by atoms with Crippen LogP contribution < -0.4 is 16.0 Å². The predicted octanol–water partition coefficient (Wildman–Crippen LogP) is 1.85. The second-order valence-corrected chi connectivity index (χ2v) is 13.0. The van der Waals surface area contributed by atoms with E-state index in [4.69, 9.17) is 0 Å². The van der Waals surface area contributed by atoms with Crippen LogP contribution in [0.5, 0.6) is 0 Å². The van der Waals surface area contributed by atoms with Crippen molar-refractivity contribution in [1.29, 1.82) is 5.26 Å². The van der Waals surface area contributed by atoms with Crippen LogP contribution in [0.25, 0.3) is 0 Å². The first-order valence-corrected chi connectivity index (χ1v) is 13.2. The van der Waals surface area contributed by atoms with E-state index in [2.05, 4.69) is 45.8 Å². The molecule has 3 N–H and O–H groups in total. The molecule has 4 aliphatic rings. The van der Waals surface area contributed by atoms with Crippen molar-refractivity contribution in [3.05, 3.63) is 18.5 Å². The minimum atomic E-state index is -0.788. The van der Waals surface area contributed by atoms with Crippen molar-refractivity contribution >= 4 is 23.7 Å². The second-order valence-electron chi connectivity index (χ2n) is 13.0. The Labute approximate surface area is 218 Å². The van der Waals surface area contributed by atoms with Crippen LogP contribution >= 0.6 is 0 Å². The molecule has 4 fully saturated rings. The maximum absolute atomic E-state index is 14.0. The Morgan fingerprint density at radius 1 is 1.27 bits per heavy atom. The van der Waals surface area contributed by atoms with Crippen molar-refractivity contribution in [3.8, 4) is 6.07 Å². The summed E-state index contributed by atoms with van der Waals surface area (Å²) in [5, 5.41) is 19.0. The monoisotopic (exact) mass is 507 g/mol. The number of fused-ring (bicyclic) bond motifs is 1. The van der Waals surface area contributed by atoms with E-state index >= 15 is 0 Å². The van der Waals surface area contributed by atoms with Crippen molar-refractivity contribution in [2.24, 2.45) is 28.6 Å². The van der Waals surface area contributed by atoms with Crippen LogP contribution in [0.15, 0.2) is 18.5 Å². The van der Waals surface area contributed by atoms with Gasteiger partial charge in [0.15, 0.2) is 0 Å². The molecule has 2 saturated heterocycles. The number of likely N-dealkylation sites (tertiary alicyclic amines) is 1. The number of aromatic nitrogens is 2. The minimum absolute atomic E-state index is 0.0221. The molecule has 1 aromatic rings. The Bertz CT molecular complexity index is 1130. The SMILES string of the molecule is CC(C)(C)[C@H](Nc1ncccn1)C(=O)N1C[C@H]2[C@@H]([C@H]1C(=O)N[C@H](C#N)C[C@@H]1CC3(CC3)NC1=O)C2(C)C. The molecule has 2 aliphatic heterocycles. The fourth-order valence-electron chi connectivity index (χ4n) is 6.47. The van der Waals surface area contributed by atoms with Crippen LogP contribution in [0.3, 0.4) is 0 Å². The number of hydrogen-bond donors (Lipinski definition) is 3. The highest BCUT2D eigenvalue weighted by molar-refractivity contribution is 5.93. The van der Waals surface area contributed by atoms with E-state index in [1.165, 1.54) is 0 Å². The van der Waals surface area contributed by atoms with E-state index in [9.17, 15) is 19.6 Å². The van der Waals surface area contributed by atoms with Crippen LogP contribution in [0.4, 0.5) is 5.95 Å². The third kappa shape index (κ3) is 4.64. The van der Waals surface area contributed by atoms with Crippen molar-refractivity contribution in [2.45, 2.75) is 84.0 Å². The standard InChI is InChI=1S/C27H37N7O3/c1-25(2,3)20(32-24-29-9-6-10-30-24)23(37)34-14-17-18(26(17,4)5)19(34)22(36)31-16(13-28)11-15-12-27(7-8-27)33-21(15)35/h6,9-10,15-20H,7-8,11-12,14H2,1-5H3,(H,31,36)(H,33,35)(H,29,30,32)/t15-,16+,17+,18+,19+,20-/m1/s1. The number of piperidine rings is 1. The van der Waals surface area contributed by atoms with Gasteiger partial charge in [0.2, 0.25) is 23.7 Å². The summed E-state index contributed by atoms with van der Waals surface area (Å²) in [5.74, 6) is -0.210. The summed E-state index contributed by atoms with van der Waals surface area (Å²) in [6.45, 7) is 10.6. The van der Waals surface area contributed by atoms with Crippen LogP contribution in [-0.4, -0.2) is 62.8 Å². The van der Waals surface area contributed by atoms with Gasteiger partial charge in [0.25, 0.3) is 0 Å². The molecule has 5 rings (SSSR count). The number of nitrogens with one attached hydrogen (secondary N) is 3. The molecule has 0 unspecified atom stereocenters. The van der Waals surface area contributed by atoms with Crippen molar-refractivity contribution in [3.63, 3.8) is 0 Å². The Hall–Kier alpha value is -3.22. The van der Waals surface area contributed by atoms with Crippen molar-refractivity contribution < 1.29 is 14.4 Å². The lowest BCUT2D eigenvalue weighted by Crippen LogP contribution is -2.57. The quantitative estimate of drug-likeness (QED) is 0.512. The van der Waals surface area contributed by atoms with Gasteiger partial charge in [-0.25, -0.2) is 9.97 Å². The van der Waals surface area contributed by atoms with E-state index in [0.717, 1.165) is 12.8 Å². The Kier molecular flexibility index (Phi) is 5.96. The molecule has 37 heavy (non-hydrogen) atoms. The summed E-state index contributed by atoms with van der Waals surface area (Å²) >= 11 is 0. The molecule has 1 aromatic heterocycles. The molecule has 10 nitrogen and oxygen atoms in total. The number of nitrogens with zero attached hydrogens (tertiary/aromatic N) is 4. The molecule has 10 heteroatoms. The molecule has 198 valence electrons. The smallest absolute Gasteiger partial charge is 0.246 e. The molecular formula is C27H37N7O3. The van der Waals surface area contributed by atoms with Crippen molar-refractivity contribution in [2.75, 3.05) is 11.9 Å². The maximum atomic E-state index is 14.0. The lowest BCUT2D eigenvalue weighted by Gasteiger charge is -2.37. The highest BCUT2D eigenvalue weighted by Gasteiger charge is 2.69. The van der Waals surface area contributed by atoms with E-state index in [-0.39, 0.29) is 52.8 Å². The zero-order valence-electron chi connectivity index (χ0n) is 22.2. The fourth-order valence-corrected chi connectivity index (χ4v) is 6.47. The number of carbonyl (C=O) groups excluding carboxylic acids is 3. The third-order valence-corrected chi connectivity index (χ3v) is 8.95. The van der Waals surface area contributed by atoms with E-state index < -0.39 is 23.5 Å². The second kappa shape index (κ2) is 8.67. The van der Waals surface area contributed by atoms with Crippen molar-refractivity contribution in [1.82, 2.24) is 25.5 Å². The predicted molar refractivity (Wildman–Crippen MR) is 136 cm³/mol. The summed E-state index contributed by atoms with van der Waals surface area (Å²) < 4.78 is 0. The van der Waals surface area contributed by atoms with Gasteiger partial charge in [0.05, 0.1) is 6.07 Å². The maximum Gasteiger partial charge on any atom is 0.246 e. The first kappa shape index (κ1) is 25.4. The zero-order chi connectivity index (χ0) is 26.8. The highest BCUT2D eigenvalue weighted by Crippen LogP contribution is 2.65. The van der Waals surface area contributed by atoms with E-state index in [1.54, 1.807) is 23.4 Å².